The summed E-state index contributed by atoms with van der Waals surface area (Å²) in [5, 5.41) is 11.9. The zero-order valence-electron chi connectivity index (χ0n) is 12.0. The van der Waals surface area contributed by atoms with E-state index in [-0.39, 0.29) is 5.91 Å². The number of carbonyl (C=O) groups is 1. The molecule has 1 amide bonds. The third-order valence-electron chi connectivity index (χ3n) is 2.77. The fourth-order valence-electron chi connectivity index (χ4n) is 1.87. The number of nitrogens with one attached hydrogen (secondary N) is 1. The number of hydrogen-bond donors (Lipinski definition) is 1. The number of amides is 1. The number of nitrogens with zero attached hydrogens (tertiary/aromatic N) is 3. The van der Waals surface area contributed by atoms with Crippen LogP contribution < -0.4 is 5.32 Å². The van der Waals surface area contributed by atoms with Crippen LogP contribution in [0, 0.1) is 0 Å². The quantitative estimate of drug-likeness (QED) is 0.630. The summed E-state index contributed by atoms with van der Waals surface area (Å²) >= 11 is 1.38. The average Bonchev–Trinajstić information content (AvgIpc) is 2.90. The lowest BCUT2D eigenvalue weighted by atomic mass is 10.2. The number of allylic oxidation sites excluding steroid dienone is 1. The second-order valence-corrected chi connectivity index (χ2v) is 5.26. The van der Waals surface area contributed by atoms with Crippen LogP contribution in [-0.4, -0.2) is 33.0 Å². The maximum atomic E-state index is 11.6. The molecule has 0 radical (unpaired) electrons. The lowest BCUT2D eigenvalue weighted by Crippen LogP contribution is -2.24. The molecule has 1 heterocycles. The summed E-state index contributed by atoms with van der Waals surface area (Å²) in [5.41, 5.74) is 0.997. The molecule has 0 spiro atoms. The summed E-state index contributed by atoms with van der Waals surface area (Å²) in [6.07, 6.45) is 1.80. The summed E-state index contributed by atoms with van der Waals surface area (Å²) in [7, 11) is 0. The van der Waals surface area contributed by atoms with Gasteiger partial charge in [-0.25, -0.2) is 0 Å². The van der Waals surface area contributed by atoms with Crippen LogP contribution in [0.2, 0.25) is 0 Å². The summed E-state index contributed by atoms with van der Waals surface area (Å²) in [5.74, 6) is 1.11. The van der Waals surface area contributed by atoms with Gasteiger partial charge in [-0.1, -0.05) is 48.2 Å². The third-order valence-corrected chi connectivity index (χ3v) is 3.73. The zero-order chi connectivity index (χ0) is 15.1. The van der Waals surface area contributed by atoms with E-state index < -0.39 is 0 Å². The Bertz CT molecular complexity index is 609. The Morgan fingerprint density at radius 2 is 2.14 bits per heavy atom. The van der Waals surface area contributed by atoms with E-state index in [9.17, 15) is 4.79 Å². The van der Waals surface area contributed by atoms with Crippen LogP contribution in [0.5, 0.6) is 0 Å². The van der Waals surface area contributed by atoms with Crippen molar-refractivity contribution in [3.63, 3.8) is 0 Å². The van der Waals surface area contributed by atoms with Gasteiger partial charge in [-0.15, -0.1) is 16.8 Å². The Hall–Kier alpha value is -2.08. The SMILES string of the molecule is C=CCn1c(SCC(=O)NCC)nnc1-c1ccccc1. The van der Waals surface area contributed by atoms with E-state index in [1.807, 2.05) is 41.8 Å². The van der Waals surface area contributed by atoms with Gasteiger partial charge in [-0.3, -0.25) is 9.36 Å². The van der Waals surface area contributed by atoms with E-state index in [4.69, 9.17) is 0 Å². The maximum absolute atomic E-state index is 11.6. The normalized spacial score (nSPS) is 10.3. The molecule has 0 unspecified atom stereocenters. The van der Waals surface area contributed by atoms with E-state index in [1.54, 1.807) is 6.08 Å². The first kappa shape index (κ1) is 15.3. The molecule has 5 nitrogen and oxygen atoms in total. The molecular weight excluding hydrogens is 284 g/mol. The summed E-state index contributed by atoms with van der Waals surface area (Å²) in [4.78, 5) is 11.6. The van der Waals surface area contributed by atoms with E-state index in [1.165, 1.54) is 11.8 Å². The van der Waals surface area contributed by atoms with Gasteiger partial charge in [0.25, 0.3) is 0 Å². The van der Waals surface area contributed by atoms with Gasteiger partial charge in [0.1, 0.15) is 0 Å². The highest BCUT2D eigenvalue weighted by atomic mass is 32.2. The standard InChI is InChI=1S/C15H18N4OS/c1-3-10-19-14(12-8-6-5-7-9-12)17-18-15(19)21-11-13(20)16-4-2/h3,5-9H,1,4,10-11H2,2H3,(H,16,20). The number of aromatic nitrogens is 3. The molecule has 110 valence electrons. The van der Waals surface area contributed by atoms with E-state index in [2.05, 4.69) is 22.1 Å². The molecule has 2 rings (SSSR count). The number of hydrogen-bond acceptors (Lipinski definition) is 4. The topological polar surface area (TPSA) is 59.8 Å². The van der Waals surface area contributed by atoms with E-state index in [0.717, 1.165) is 16.5 Å². The fourth-order valence-corrected chi connectivity index (χ4v) is 2.65. The Morgan fingerprint density at radius 3 is 2.81 bits per heavy atom. The molecule has 0 aliphatic rings. The fraction of sp³-hybridized carbons (Fsp3) is 0.267. The van der Waals surface area contributed by atoms with Crippen LogP contribution in [0.1, 0.15) is 6.92 Å². The predicted molar refractivity (Wildman–Crippen MR) is 85.1 cm³/mol. The van der Waals surface area contributed by atoms with Crippen molar-refractivity contribution in [3.05, 3.63) is 43.0 Å². The largest absolute Gasteiger partial charge is 0.356 e. The Balaban J connectivity index is 2.21. The highest BCUT2D eigenvalue weighted by molar-refractivity contribution is 7.99. The molecule has 0 saturated carbocycles. The first-order valence-corrected chi connectivity index (χ1v) is 7.73. The van der Waals surface area contributed by atoms with Crippen molar-refractivity contribution in [2.45, 2.75) is 18.6 Å². The van der Waals surface area contributed by atoms with Crippen LogP contribution in [0.4, 0.5) is 0 Å². The van der Waals surface area contributed by atoms with Gasteiger partial charge in [0, 0.05) is 18.7 Å². The third kappa shape index (κ3) is 3.95. The van der Waals surface area contributed by atoms with Crippen LogP contribution in [0.15, 0.2) is 48.1 Å². The maximum Gasteiger partial charge on any atom is 0.230 e. The molecule has 0 aliphatic carbocycles. The zero-order valence-corrected chi connectivity index (χ0v) is 12.8. The molecule has 0 fully saturated rings. The van der Waals surface area contributed by atoms with Gasteiger partial charge >= 0.3 is 0 Å². The summed E-state index contributed by atoms with van der Waals surface area (Å²) in [6.45, 7) is 6.91. The van der Waals surface area contributed by atoms with Gasteiger partial charge in [0.15, 0.2) is 11.0 Å². The molecule has 0 aliphatic heterocycles. The van der Waals surface area contributed by atoms with Gasteiger partial charge < -0.3 is 5.32 Å². The number of benzene rings is 1. The first-order valence-electron chi connectivity index (χ1n) is 6.75. The smallest absolute Gasteiger partial charge is 0.230 e. The van der Waals surface area contributed by atoms with Crippen molar-refractivity contribution in [2.75, 3.05) is 12.3 Å². The summed E-state index contributed by atoms with van der Waals surface area (Å²) in [6, 6.07) is 9.86. The second-order valence-electron chi connectivity index (χ2n) is 4.31. The lowest BCUT2D eigenvalue weighted by molar-refractivity contribution is -0.118. The molecule has 0 bridgehead atoms. The van der Waals surface area contributed by atoms with Crippen LogP contribution in [-0.2, 0) is 11.3 Å². The predicted octanol–water partition coefficient (Wildman–Crippen LogP) is 2.36. The minimum absolute atomic E-state index is 0.00286. The van der Waals surface area contributed by atoms with Crippen molar-refractivity contribution < 1.29 is 4.79 Å². The first-order chi connectivity index (χ1) is 10.3. The Morgan fingerprint density at radius 1 is 1.38 bits per heavy atom. The second kappa shape index (κ2) is 7.64. The summed E-state index contributed by atoms with van der Waals surface area (Å²) < 4.78 is 1.96. The van der Waals surface area contributed by atoms with Gasteiger partial charge in [0.05, 0.1) is 5.75 Å². The van der Waals surface area contributed by atoms with Gasteiger partial charge in [-0.05, 0) is 6.92 Å². The molecule has 6 heteroatoms. The Labute approximate surface area is 128 Å². The molecular formula is C15H18N4OS. The van der Waals surface area contributed by atoms with E-state index in [0.29, 0.717) is 18.8 Å². The van der Waals surface area contributed by atoms with Crippen molar-refractivity contribution in [2.24, 2.45) is 0 Å². The van der Waals surface area contributed by atoms with Crippen LogP contribution in [0.25, 0.3) is 11.4 Å². The lowest BCUT2D eigenvalue weighted by Gasteiger charge is -2.07. The Kier molecular flexibility index (Phi) is 5.57. The molecule has 1 aromatic heterocycles. The minimum Gasteiger partial charge on any atom is -0.356 e. The minimum atomic E-state index is -0.00286. The van der Waals surface area contributed by atoms with Crippen molar-refractivity contribution in [3.8, 4) is 11.4 Å². The highest BCUT2D eigenvalue weighted by Crippen LogP contribution is 2.23. The van der Waals surface area contributed by atoms with Crippen molar-refractivity contribution in [1.29, 1.82) is 0 Å². The van der Waals surface area contributed by atoms with Crippen LogP contribution in [0.3, 0.4) is 0 Å². The molecule has 2 aromatic rings. The molecule has 0 saturated heterocycles. The average molecular weight is 302 g/mol. The number of rotatable bonds is 7. The monoisotopic (exact) mass is 302 g/mol. The van der Waals surface area contributed by atoms with Crippen molar-refractivity contribution in [1.82, 2.24) is 20.1 Å². The van der Waals surface area contributed by atoms with Crippen LogP contribution >= 0.6 is 11.8 Å². The van der Waals surface area contributed by atoms with Gasteiger partial charge in [0.2, 0.25) is 5.91 Å². The number of thioether (sulfide) groups is 1. The molecule has 21 heavy (non-hydrogen) atoms. The highest BCUT2D eigenvalue weighted by Gasteiger charge is 2.14. The van der Waals surface area contributed by atoms with Crippen molar-refractivity contribution >= 4 is 17.7 Å². The molecule has 1 aromatic carbocycles. The number of carbonyl (C=O) groups excluding carboxylic acids is 1. The molecule has 1 N–H and O–H groups in total. The molecule has 0 atom stereocenters. The van der Waals surface area contributed by atoms with E-state index >= 15 is 0 Å². The van der Waals surface area contributed by atoms with Gasteiger partial charge in [-0.2, -0.15) is 0 Å².